The Hall–Kier alpha value is -5.55. The normalized spacial score (nSPS) is 17.6. The summed E-state index contributed by atoms with van der Waals surface area (Å²) in [4.78, 5) is 34.7. The molecule has 2 atom stereocenters. The van der Waals surface area contributed by atoms with Gasteiger partial charge in [-0.15, -0.1) is 0 Å². The van der Waals surface area contributed by atoms with E-state index in [9.17, 15) is 16.8 Å². The molecule has 23 heteroatoms. The number of sulfone groups is 2. The highest BCUT2D eigenvalue weighted by atomic mass is 35.5. The van der Waals surface area contributed by atoms with Crippen molar-refractivity contribution in [2.75, 3.05) is 98.8 Å². The number of nitrogens with zero attached hydrogens (tertiary/aromatic N) is 9. The third-order valence-corrected chi connectivity index (χ3v) is 17.0. The van der Waals surface area contributed by atoms with Gasteiger partial charge in [-0.25, -0.2) is 41.3 Å². The van der Waals surface area contributed by atoms with Crippen LogP contribution in [0.3, 0.4) is 0 Å². The molecule has 2 fully saturated rings. The maximum atomic E-state index is 12.9. The number of hydrogen-bond donors (Lipinski definition) is 3. The lowest BCUT2D eigenvalue weighted by Crippen LogP contribution is -2.52. The monoisotopic (exact) mass is 1040 g/mol. The Morgan fingerprint density at radius 3 is 1.76 bits per heavy atom. The first-order chi connectivity index (χ1) is 33.8. The van der Waals surface area contributed by atoms with Crippen LogP contribution in [0.15, 0.2) is 48.5 Å². The van der Waals surface area contributed by atoms with Crippen LogP contribution in [0.2, 0.25) is 5.28 Å². The van der Waals surface area contributed by atoms with E-state index in [4.69, 9.17) is 45.5 Å². The highest BCUT2D eigenvalue weighted by Gasteiger charge is 2.44. The summed E-state index contributed by atoms with van der Waals surface area (Å²) in [7, 11) is -6.93. The highest BCUT2D eigenvalue weighted by Crippen LogP contribution is 2.45. The van der Waals surface area contributed by atoms with Gasteiger partial charge in [0.15, 0.2) is 42.8 Å². The number of benzene rings is 2. The van der Waals surface area contributed by atoms with Crippen LogP contribution in [0.1, 0.15) is 79.6 Å². The Labute approximate surface area is 421 Å². The van der Waals surface area contributed by atoms with Crippen LogP contribution in [0.5, 0.6) is 11.5 Å². The Balaban J connectivity index is 0.000000171. The maximum Gasteiger partial charge on any atom is 0.239 e. The second-order valence-electron chi connectivity index (χ2n) is 18.3. The van der Waals surface area contributed by atoms with Gasteiger partial charge in [-0.1, -0.05) is 52.0 Å². The number of rotatable bonds is 11. The third-order valence-electron chi connectivity index (χ3n) is 12.7. The molecule has 0 saturated carbocycles. The number of aromatic nitrogens is 8. The molecule has 0 bridgehead atoms. The Morgan fingerprint density at radius 1 is 0.676 bits per heavy atom. The molecular formula is C48H67ClN12O8S2. The summed E-state index contributed by atoms with van der Waals surface area (Å²) in [5.41, 5.74) is 4.38. The predicted octanol–water partition coefficient (Wildman–Crippen LogP) is 6.93. The number of halogens is 1. The highest BCUT2D eigenvalue weighted by molar-refractivity contribution is 7.91. The first-order valence-corrected chi connectivity index (χ1v) is 28.2. The molecule has 2 aromatic carbocycles. The number of anilines is 4. The number of hydrogen-bond acceptors (Lipinski definition) is 18. The van der Waals surface area contributed by atoms with Crippen molar-refractivity contribution in [3.05, 3.63) is 65.2 Å². The second-order valence-corrected chi connectivity index (χ2v) is 23.7. The van der Waals surface area contributed by atoms with Crippen molar-refractivity contribution in [1.29, 1.82) is 0 Å². The zero-order valence-corrected chi connectivity index (χ0v) is 44.6. The topological polar surface area (TPSA) is 234 Å². The number of para-hydroxylation sites is 4. The number of fused-ring (bicyclic) bond motifs is 8. The van der Waals surface area contributed by atoms with E-state index in [0.717, 1.165) is 53.9 Å². The summed E-state index contributed by atoms with van der Waals surface area (Å²) in [5.74, 6) is 3.79. The largest absolute Gasteiger partial charge is 0.486 e. The SMILES string of the molecule is CC.CC(C)(c1nc(Cl)nc2c1OC[C@@H]1COCCN21)S(C)(=O)=O.CCCNc1nc2ccccc2[nH]1.CCCNc1nc2ccccc2n1-c1nc2c(c(C(C)(C)S(C)(=O)=O)n1)OC[C@@H]1COCCN21. The van der Waals surface area contributed by atoms with E-state index in [1.54, 1.807) is 27.7 Å². The van der Waals surface area contributed by atoms with Gasteiger partial charge in [-0.2, -0.15) is 9.97 Å². The summed E-state index contributed by atoms with van der Waals surface area (Å²) in [6, 6.07) is 15.9. The van der Waals surface area contributed by atoms with E-state index >= 15 is 0 Å². The number of morpholine rings is 2. The van der Waals surface area contributed by atoms with Gasteiger partial charge in [0, 0.05) is 38.7 Å². The molecule has 0 radical (unpaired) electrons. The lowest BCUT2D eigenvalue weighted by atomic mass is 10.1. The summed E-state index contributed by atoms with van der Waals surface area (Å²) < 4.78 is 72.3. The zero-order chi connectivity index (χ0) is 51.3. The first kappa shape index (κ1) is 53.3. The van der Waals surface area contributed by atoms with Crippen LogP contribution < -0.4 is 29.9 Å². The van der Waals surface area contributed by atoms with Gasteiger partial charge in [-0.05, 0) is 76.4 Å². The standard InChI is InChI=1S/C23H30N6O4S.C13H18ClN3O4S.C10H13N3.C2H6/c1-5-10-24-21-25-16-8-6-7-9-17(16)29(21)22-26-19(23(2,3)34(4,30)31)18-20(27-22)28-11-12-32-13-15(28)14-33-18;1-13(2,22(3,18)19)10-9-11(16-12(14)15-10)17-4-5-20-6-8(17)7-21-9;1-2-7-11-10-12-8-5-3-4-6-9(8)13-10;1-2/h6-9,15H,5,10-14H2,1-4H3,(H,24,25);8H,4-7H2,1-3H3;3-6H,2,7H2,1H3,(H2,11,12,13);1-2H3/t15-;8-;;/m00../s1. The average Bonchev–Trinajstić information content (AvgIpc) is 3.96. The minimum atomic E-state index is -3.52. The fourth-order valence-corrected chi connectivity index (χ4v) is 9.27. The lowest BCUT2D eigenvalue weighted by Gasteiger charge is -2.41. The fourth-order valence-electron chi connectivity index (χ4n) is 8.13. The fraction of sp³-hybridized carbons (Fsp3) is 0.542. The van der Waals surface area contributed by atoms with Gasteiger partial charge in [0.25, 0.3) is 0 Å². The molecule has 3 N–H and O–H groups in total. The van der Waals surface area contributed by atoms with Crippen molar-refractivity contribution in [2.45, 2.75) is 89.8 Å². The smallest absolute Gasteiger partial charge is 0.239 e. The van der Waals surface area contributed by atoms with Gasteiger partial charge in [0.2, 0.25) is 23.1 Å². The molecule has 71 heavy (non-hydrogen) atoms. The number of aromatic amines is 1. The van der Waals surface area contributed by atoms with Crippen molar-refractivity contribution in [2.24, 2.45) is 0 Å². The Kier molecular flexibility index (Phi) is 16.5. The molecule has 6 aromatic rings. The van der Waals surface area contributed by atoms with Crippen molar-refractivity contribution >= 4 is 76.9 Å². The molecule has 0 spiro atoms. The number of H-pyrrole nitrogens is 1. The molecule has 0 unspecified atom stereocenters. The van der Waals surface area contributed by atoms with Crippen LogP contribution >= 0.6 is 11.6 Å². The van der Waals surface area contributed by atoms with Gasteiger partial charge < -0.3 is 44.4 Å². The van der Waals surface area contributed by atoms with Gasteiger partial charge in [0.1, 0.15) is 34.1 Å². The van der Waals surface area contributed by atoms with Crippen LogP contribution in [0.25, 0.3) is 28.0 Å². The zero-order valence-electron chi connectivity index (χ0n) is 42.2. The number of ether oxygens (including phenoxy) is 4. The number of nitrogens with one attached hydrogen (secondary N) is 3. The molecule has 386 valence electrons. The molecule has 2 saturated heterocycles. The van der Waals surface area contributed by atoms with E-state index in [-0.39, 0.29) is 17.4 Å². The molecule has 4 aromatic heterocycles. The molecule has 4 aliphatic heterocycles. The quantitative estimate of drug-likeness (QED) is 0.112. The van der Waals surface area contributed by atoms with Gasteiger partial charge in [-0.3, -0.25) is 0 Å². The molecule has 0 aliphatic carbocycles. The summed E-state index contributed by atoms with van der Waals surface area (Å²) in [6.07, 6.45) is 4.43. The number of imidazole rings is 2. The van der Waals surface area contributed by atoms with Crippen LogP contribution in [0, 0.1) is 0 Å². The van der Waals surface area contributed by atoms with Crippen LogP contribution in [0.4, 0.5) is 23.5 Å². The molecule has 8 heterocycles. The second kappa shape index (κ2) is 22.1. The van der Waals surface area contributed by atoms with E-state index in [1.165, 1.54) is 12.5 Å². The Morgan fingerprint density at radius 2 is 1.20 bits per heavy atom. The van der Waals surface area contributed by atoms with E-state index in [0.29, 0.717) is 99.2 Å². The summed E-state index contributed by atoms with van der Waals surface area (Å²) >= 11 is 6.04. The Bertz CT molecular complexity index is 3010. The van der Waals surface area contributed by atoms with E-state index < -0.39 is 29.2 Å². The lowest BCUT2D eigenvalue weighted by molar-refractivity contribution is 0.0690. The first-order valence-electron chi connectivity index (χ1n) is 24.1. The van der Waals surface area contributed by atoms with Crippen LogP contribution in [-0.2, 0) is 38.6 Å². The molecule has 4 aliphatic rings. The van der Waals surface area contributed by atoms with E-state index in [2.05, 4.69) is 54.2 Å². The summed E-state index contributed by atoms with van der Waals surface area (Å²) in [6.45, 7) is 20.7. The van der Waals surface area contributed by atoms with Gasteiger partial charge in [0.05, 0.1) is 60.6 Å². The molecule has 20 nitrogen and oxygen atoms in total. The van der Waals surface area contributed by atoms with Crippen molar-refractivity contribution in [3.63, 3.8) is 0 Å². The summed E-state index contributed by atoms with van der Waals surface area (Å²) in [5, 5.41) is 6.60. The predicted molar refractivity (Wildman–Crippen MR) is 279 cm³/mol. The minimum absolute atomic E-state index is 0.00964. The van der Waals surface area contributed by atoms with Gasteiger partial charge >= 0.3 is 0 Å². The molecule has 0 amide bonds. The minimum Gasteiger partial charge on any atom is -0.486 e. The molecule has 10 rings (SSSR count). The van der Waals surface area contributed by atoms with Crippen molar-refractivity contribution < 1.29 is 35.8 Å². The third kappa shape index (κ3) is 11.1. The van der Waals surface area contributed by atoms with Crippen LogP contribution in [-0.4, -0.2) is 147 Å². The van der Waals surface area contributed by atoms with E-state index in [1.807, 2.05) is 66.9 Å². The average molecular weight is 1040 g/mol. The van der Waals surface area contributed by atoms with Crippen molar-refractivity contribution in [1.82, 2.24) is 39.5 Å². The van der Waals surface area contributed by atoms with Crippen molar-refractivity contribution in [3.8, 4) is 17.4 Å². The molecular weight excluding hydrogens is 972 g/mol. The maximum absolute atomic E-state index is 12.9.